The zero-order valence-corrected chi connectivity index (χ0v) is 8.76. The van der Waals surface area contributed by atoms with Crippen molar-refractivity contribution in [2.45, 2.75) is 19.5 Å². The molecule has 5 nitrogen and oxygen atoms in total. The summed E-state index contributed by atoms with van der Waals surface area (Å²) in [5, 5.41) is 7.30. The predicted octanol–water partition coefficient (Wildman–Crippen LogP) is -0.373. The maximum atomic E-state index is 3.15. The number of nitrogens with one attached hydrogen (secondary N) is 3. The third-order valence-corrected chi connectivity index (χ3v) is 2.26. The average Bonchev–Trinajstić information content (AvgIpc) is 2.54. The molecule has 1 aliphatic rings. The van der Waals surface area contributed by atoms with Gasteiger partial charge in [0.05, 0.1) is 6.20 Å². The van der Waals surface area contributed by atoms with E-state index in [2.05, 4.69) is 33.1 Å². The van der Waals surface area contributed by atoms with E-state index >= 15 is 0 Å². The number of nitrogens with zero attached hydrogens (tertiary/aromatic N) is 2. The van der Waals surface area contributed by atoms with Crippen molar-refractivity contribution in [2.75, 3.05) is 21.1 Å². The molecule has 0 aromatic rings. The lowest BCUT2D eigenvalue weighted by Crippen LogP contribution is -2.49. The van der Waals surface area contributed by atoms with E-state index in [0.717, 1.165) is 12.2 Å². The van der Waals surface area contributed by atoms with Crippen LogP contribution in [0, 0.1) is 0 Å². The van der Waals surface area contributed by atoms with Gasteiger partial charge in [-0.15, -0.1) is 0 Å². The van der Waals surface area contributed by atoms with Crippen LogP contribution >= 0.6 is 0 Å². The number of hydrazine groups is 2. The topological polar surface area (TPSA) is 42.6 Å². The maximum Gasteiger partial charge on any atom is 0.135 e. The molecule has 3 N–H and O–H groups in total. The molecule has 0 aromatic carbocycles. The molecule has 5 heteroatoms. The van der Waals surface area contributed by atoms with Gasteiger partial charge in [-0.1, -0.05) is 6.92 Å². The smallest absolute Gasteiger partial charge is 0.135 e. The quantitative estimate of drug-likeness (QED) is 0.557. The summed E-state index contributed by atoms with van der Waals surface area (Å²) < 4.78 is 0. The minimum Gasteiger partial charge on any atom is -0.372 e. The molecule has 0 bridgehead atoms. The number of rotatable bonds is 4. The lowest BCUT2D eigenvalue weighted by molar-refractivity contribution is 0.0738. The van der Waals surface area contributed by atoms with Crippen LogP contribution < -0.4 is 16.2 Å². The van der Waals surface area contributed by atoms with Crippen LogP contribution in [0.2, 0.25) is 0 Å². The molecule has 0 radical (unpaired) electrons. The second-order valence-corrected chi connectivity index (χ2v) is 2.88. The standard InChI is InChI=1S/C8H19N5/c1-5-8-12(10-3)6-7(9-2)13(8)11-4/h6,8-11H,5H2,1-4H3. The van der Waals surface area contributed by atoms with Crippen LogP contribution in [0.25, 0.3) is 0 Å². The van der Waals surface area contributed by atoms with Crippen LogP contribution in [0.5, 0.6) is 0 Å². The molecule has 76 valence electrons. The molecule has 0 aromatic heterocycles. The molecule has 0 amide bonds. The second kappa shape index (κ2) is 4.34. The van der Waals surface area contributed by atoms with Gasteiger partial charge in [0.1, 0.15) is 12.0 Å². The Balaban J connectivity index is 2.75. The van der Waals surface area contributed by atoms with Crippen molar-refractivity contribution >= 4 is 0 Å². The van der Waals surface area contributed by atoms with E-state index in [4.69, 9.17) is 0 Å². The molecule has 1 rings (SSSR count). The molecule has 0 saturated carbocycles. The van der Waals surface area contributed by atoms with Gasteiger partial charge < -0.3 is 5.32 Å². The van der Waals surface area contributed by atoms with E-state index in [-0.39, 0.29) is 0 Å². The Morgan fingerprint density at radius 3 is 2.38 bits per heavy atom. The highest BCUT2D eigenvalue weighted by Crippen LogP contribution is 2.18. The zero-order valence-electron chi connectivity index (χ0n) is 8.76. The number of hydrogen-bond donors (Lipinski definition) is 3. The molecule has 0 aliphatic carbocycles. The first-order valence-corrected chi connectivity index (χ1v) is 4.60. The fourth-order valence-electron chi connectivity index (χ4n) is 1.61. The average molecular weight is 185 g/mol. The molecule has 0 saturated heterocycles. The Morgan fingerprint density at radius 1 is 1.31 bits per heavy atom. The van der Waals surface area contributed by atoms with Gasteiger partial charge in [-0.2, -0.15) is 0 Å². The molecule has 1 unspecified atom stereocenters. The van der Waals surface area contributed by atoms with Gasteiger partial charge in [0, 0.05) is 21.1 Å². The molecular formula is C8H19N5. The van der Waals surface area contributed by atoms with Gasteiger partial charge in [0.2, 0.25) is 0 Å². The van der Waals surface area contributed by atoms with Crippen molar-refractivity contribution in [3.05, 3.63) is 12.0 Å². The minimum absolute atomic E-state index is 0.331. The summed E-state index contributed by atoms with van der Waals surface area (Å²) in [6, 6.07) is 0. The highest BCUT2D eigenvalue weighted by atomic mass is 15.7. The third kappa shape index (κ3) is 1.71. The van der Waals surface area contributed by atoms with Gasteiger partial charge in [0.25, 0.3) is 0 Å². The Morgan fingerprint density at radius 2 is 2.00 bits per heavy atom. The highest BCUT2D eigenvalue weighted by Gasteiger charge is 2.28. The summed E-state index contributed by atoms with van der Waals surface area (Å²) >= 11 is 0. The van der Waals surface area contributed by atoms with E-state index in [1.54, 1.807) is 0 Å². The number of hydrogen-bond acceptors (Lipinski definition) is 5. The maximum absolute atomic E-state index is 3.15. The fraction of sp³-hybridized carbons (Fsp3) is 0.750. The van der Waals surface area contributed by atoms with Gasteiger partial charge in [-0.25, -0.2) is 10.9 Å². The van der Waals surface area contributed by atoms with E-state index in [1.165, 1.54) is 0 Å². The molecular weight excluding hydrogens is 166 g/mol. The monoisotopic (exact) mass is 185 g/mol. The van der Waals surface area contributed by atoms with Crippen molar-refractivity contribution in [1.82, 2.24) is 26.2 Å². The molecule has 0 spiro atoms. The summed E-state index contributed by atoms with van der Waals surface area (Å²) in [6.07, 6.45) is 3.42. The lowest BCUT2D eigenvalue weighted by atomic mass is 10.4. The molecule has 0 fully saturated rings. The molecule has 1 aliphatic heterocycles. The summed E-state index contributed by atoms with van der Waals surface area (Å²) in [4.78, 5) is 0. The van der Waals surface area contributed by atoms with Crippen LogP contribution in [0.15, 0.2) is 12.0 Å². The van der Waals surface area contributed by atoms with Crippen LogP contribution in [0.1, 0.15) is 13.3 Å². The van der Waals surface area contributed by atoms with Crippen molar-refractivity contribution in [3.8, 4) is 0 Å². The van der Waals surface area contributed by atoms with Crippen molar-refractivity contribution in [2.24, 2.45) is 0 Å². The normalized spacial score (nSPS) is 22.2. The van der Waals surface area contributed by atoms with E-state index in [9.17, 15) is 0 Å². The minimum atomic E-state index is 0.331. The van der Waals surface area contributed by atoms with Gasteiger partial charge in [-0.05, 0) is 6.42 Å². The molecule has 1 heterocycles. The summed E-state index contributed by atoms with van der Waals surface area (Å²) in [7, 11) is 5.76. The van der Waals surface area contributed by atoms with Crippen LogP contribution in [0.4, 0.5) is 0 Å². The van der Waals surface area contributed by atoms with Crippen molar-refractivity contribution < 1.29 is 0 Å². The SMILES string of the molecule is CCC1N(NC)C=C(NC)N1NC. The van der Waals surface area contributed by atoms with E-state index < -0.39 is 0 Å². The second-order valence-electron chi connectivity index (χ2n) is 2.88. The highest BCUT2D eigenvalue weighted by molar-refractivity contribution is 5.04. The van der Waals surface area contributed by atoms with Crippen LogP contribution in [0.3, 0.4) is 0 Å². The molecule has 13 heavy (non-hydrogen) atoms. The van der Waals surface area contributed by atoms with Crippen molar-refractivity contribution in [3.63, 3.8) is 0 Å². The summed E-state index contributed by atoms with van der Waals surface area (Å²) in [6.45, 7) is 2.16. The predicted molar refractivity (Wildman–Crippen MR) is 53.0 cm³/mol. The first-order valence-electron chi connectivity index (χ1n) is 4.60. The first kappa shape index (κ1) is 10.1. The zero-order chi connectivity index (χ0) is 9.84. The van der Waals surface area contributed by atoms with Crippen LogP contribution in [-0.4, -0.2) is 37.3 Å². The lowest BCUT2D eigenvalue weighted by Gasteiger charge is -2.31. The first-order chi connectivity index (χ1) is 6.28. The summed E-state index contributed by atoms with van der Waals surface area (Å²) in [5.41, 5.74) is 6.28. The summed E-state index contributed by atoms with van der Waals surface area (Å²) in [5.74, 6) is 1.07. The third-order valence-electron chi connectivity index (χ3n) is 2.26. The van der Waals surface area contributed by atoms with E-state index in [1.807, 2.05) is 27.3 Å². The van der Waals surface area contributed by atoms with Gasteiger partial charge >= 0.3 is 0 Å². The van der Waals surface area contributed by atoms with Gasteiger partial charge in [-0.3, -0.25) is 10.0 Å². The Bertz CT molecular complexity index is 191. The molecule has 1 atom stereocenters. The van der Waals surface area contributed by atoms with Crippen molar-refractivity contribution in [1.29, 1.82) is 0 Å². The van der Waals surface area contributed by atoms with E-state index in [0.29, 0.717) is 6.17 Å². The fourth-order valence-corrected chi connectivity index (χ4v) is 1.61. The Kier molecular flexibility index (Phi) is 3.39. The Labute approximate surface area is 79.7 Å². The Hall–Kier alpha value is -0.940. The largest absolute Gasteiger partial charge is 0.372 e. The van der Waals surface area contributed by atoms with Crippen LogP contribution in [-0.2, 0) is 0 Å². The van der Waals surface area contributed by atoms with Gasteiger partial charge in [0.15, 0.2) is 0 Å².